The van der Waals surface area contributed by atoms with Crippen molar-refractivity contribution in [3.05, 3.63) is 193 Å². The molecule has 0 aliphatic heterocycles. The highest BCUT2D eigenvalue weighted by molar-refractivity contribution is 6.01. The Kier molecular flexibility index (Phi) is 7.68. The molecule has 230 valence electrons. The summed E-state index contributed by atoms with van der Waals surface area (Å²) in [5.41, 5.74) is 11.8. The van der Waals surface area contributed by atoms with Crippen LogP contribution in [0, 0.1) is 13.8 Å². The molecule has 0 saturated heterocycles. The Hall–Kier alpha value is -6.12. The SMILES string of the molecule is Cc1ccc2c(N(c3ccccc3)c3ccc(-c4ccc(N(c5ccccc5)c5cccc6ccccc56)cc4)cc3)cccc2c1C. The van der Waals surface area contributed by atoms with Crippen molar-refractivity contribution in [1.82, 2.24) is 0 Å². The second-order valence-corrected chi connectivity index (χ2v) is 12.3. The van der Waals surface area contributed by atoms with E-state index in [0.717, 1.165) is 28.4 Å². The Bertz CT molecular complexity index is 2340. The van der Waals surface area contributed by atoms with Crippen molar-refractivity contribution < 1.29 is 0 Å². The zero-order valence-corrected chi connectivity index (χ0v) is 27.2. The summed E-state index contributed by atoms with van der Waals surface area (Å²) in [7, 11) is 0. The predicted molar refractivity (Wildman–Crippen MR) is 206 cm³/mol. The van der Waals surface area contributed by atoms with Gasteiger partial charge in [-0.3, -0.25) is 0 Å². The van der Waals surface area contributed by atoms with Crippen molar-refractivity contribution in [2.75, 3.05) is 9.80 Å². The maximum atomic E-state index is 2.37. The van der Waals surface area contributed by atoms with E-state index in [-0.39, 0.29) is 0 Å². The fraction of sp³-hybridized carbons (Fsp3) is 0.0435. The molecule has 0 aliphatic carbocycles. The number of fused-ring (bicyclic) bond motifs is 2. The maximum absolute atomic E-state index is 2.37. The minimum atomic E-state index is 1.12. The number of nitrogens with zero attached hydrogens (tertiary/aromatic N) is 2. The normalized spacial score (nSPS) is 11.1. The van der Waals surface area contributed by atoms with E-state index >= 15 is 0 Å². The first kappa shape index (κ1) is 29.3. The Morgan fingerprint density at radius 2 is 0.750 bits per heavy atom. The lowest BCUT2D eigenvalue weighted by atomic mass is 9.98. The molecule has 48 heavy (non-hydrogen) atoms. The van der Waals surface area contributed by atoms with Gasteiger partial charge in [0.25, 0.3) is 0 Å². The standard InChI is InChI=1S/C46H36N2/c1-33-23-32-44-42(34(33)2)20-12-22-46(44)48(39-17-7-4-8-18-39)41-30-26-36(27-31-41)35-24-28-40(29-25-35)47(38-15-5-3-6-16-38)45-21-11-14-37-13-9-10-19-43(37)45/h3-32H,1-2H3. The van der Waals surface area contributed by atoms with Crippen LogP contribution >= 0.6 is 0 Å². The first-order valence-corrected chi connectivity index (χ1v) is 16.5. The lowest BCUT2D eigenvalue weighted by molar-refractivity contribution is 1.29. The maximum Gasteiger partial charge on any atom is 0.0540 e. The Morgan fingerprint density at radius 3 is 1.33 bits per heavy atom. The molecule has 8 rings (SSSR count). The van der Waals surface area contributed by atoms with Crippen LogP contribution in [0.1, 0.15) is 11.1 Å². The number of rotatable bonds is 7. The third-order valence-electron chi connectivity index (χ3n) is 9.44. The number of aryl methyl sites for hydroxylation is 2. The number of hydrogen-bond acceptors (Lipinski definition) is 2. The molecule has 0 saturated carbocycles. The van der Waals surface area contributed by atoms with Gasteiger partial charge in [0.1, 0.15) is 0 Å². The molecule has 0 fully saturated rings. The van der Waals surface area contributed by atoms with E-state index in [9.17, 15) is 0 Å². The highest BCUT2D eigenvalue weighted by Gasteiger charge is 2.17. The Labute approximate surface area is 282 Å². The Balaban J connectivity index is 1.16. The van der Waals surface area contributed by atoms with Crippen LogP contribution < -0.4 is 9.80 Å². The summed E-state index contributed by atoms with van der Waals surface area (Å²) >= 11 is 0. The zero-order chi connectivity index (χ0) is 32.5. The molecular formula is C46H36N2. The van der Waals surface area contributed by atoms with Crippen molar-refractivity contribution in [3.8, 4) is 11.1 Å². The van der Waals surface area contributed by atoms with Crippen LogP contribution in [0.4, 0.5) is 34.1 Å². The van der Waals surface area contributed by atoms with Gasteiger partial charge in [-0.25, -0.2) is 0 Å². The van der Waals surface area contributed by atoms with Crippen LogP contribution in [0.15, 0.2) is 182 Å². The van der Waals surface area contributed by atoms with Gasteiger partial charge in [0.15, 0.2) is 0 Å². The molecule has 8 aromatic rings. The summed E-state index contributed by atoms with van der Waals surface area (Å²) < 4.78 is 0. The van der Waals surface area contributed by atoms with Crippen LogP contribution in [0.3, 0.4) is 0 Å². The van der Waals surface area contributed by atoms with Crippen LogP contribution in [0.5, 0.6) is 0 Å². The van der Waals surface area contributed by atoms with Gasteiger partial charge in [-0.2, -0.15) is 0 Å². The molecule has 0 atom stereocenters. The van der Waals surface area contributed by atoms with E-state index < -0.39 is 0 Å². The fourth-order valence-electron chi connectivity index (χ4n) is 6.81. The molecule has 0 aliphatic rings. The highest BCUT2D eigenvalue weighted by atomic mass is 15.1. The van der Waals surface area contributed by atoms with Gasteiger partial charge >= 0.3 is 0 Å². The van der Waals surface area contributed by atoms with Crippen LogP contribution in [0.25, 0.3) is 32.7 Å². The summed E-state index contributed by atoms with van der Waals surface area (Å²) in [5.74, 6) is 0. The van der Waals surface area contributed by atoms with Crippen molar-refractivity contribution in [1.29, 1.82) is 0 Å². The number of anilines is 6. The molecule has 0 N–H and O–H groups in total. The first-order valence-electron chi connectivity index (χ1n) is 16.5. The molecule has 0 heterocycles. The molecule has 0 radical (unpaired) electrons. The topological polar surface area (TPSA) is 6.48 Å². The summed E-state index contributed by atoms with van der Waals surface area (Å²) in [6.07, 6.45) is 0. The van der Waals surface area contributed by atoms with E-state index in [1.807, 2.05) is 0 Å². The Morgan fingerprint density at radius 1 is 0.312 bits per heavy atom. The van der Waals surface area contributed by atoms with Gasteiger partial charge < -0.3 is 9.80 Å². The molecule has 0 bridgehead atoms. The average Bonchev–Trinajstić information content (AvgIpc) is 3.15. The van der Waals surface area contributed by atoms with Gasteiger partial charge in [-0.15, -0.1) is 0 Å². The first-order chi connectivity index (χ1) is 23.7. The van der Waals surface area contributed by atoms with Crippen molar-refractivity contribution in [2.45, 2.75) is 13.8 Å². The molecule has 0 aromatic heterocycles. The average molecular weight is 617 g/mol. The predicted octanol–water partition coefficient (Wildman–Crippen LogP) is 13.2. The quantitative estimate of drug-likeness (QED) is 0.176. The van der Waals surface area contributed by atoms with Crippen molar-refractivity contribution >= 4 is 55.7 Å². The number of benzene rings is 8. The van der Waals surface area contributed by atoms with Gasteiger partial charge in [0.05, 0.1) is 11.4 Å². The highest BCUT2D eigenvalue weighted by Crippen LogP contribution is 2.42. The smallest absolute Gasteiger partial charge is 0.0540 e. The number of para-hydroxylation sites is 2. The van der Waals surface area contributed by atoms with Crippen molar-refractivity contribution in [3.63, 3.8) is 0 Å². The summed E-state index contributed by atoms with van der Waals surface area (Å²) in [5, 5.41) is 4.99. The lowest BCUT2D eigenvalue weighted by Gasteiger charge is -2.27. The molecule has 0 spiro atoms. The van der Waals surface area contributed by atoms with Gasteiger partial charge in [-0.1, -0.05) is 121 Å². The molecule has 0 amide bonds. The molecule has 0 unspecified atom stereocenters. The van der Waals surface area contributed by atoms with E-state index in [4.69, 9.17) is 0 Å². The minimum Gasteiger partial charge on any atom is -0.310 e. The van der Waals surface area contributed by atoms with Gasteiger partial charge in [0.2, 0.25) is 0 Å². The largest absolute Gasteiger partial charge is 0.310 e. The summed E-state index contributed by atoms with van der Waals surface area (Å²) in [6, 6.07) is 65.4. The van der Waals surface area contributed by atoms with Crippen molar-refractivity contribution in [2.24, 2.45) is 0 Å². The van der Waals surface area contributed by atoms with E-state index in [1.54, 1.807) is 0 Å². The van der Waals surface area contributed by atoms with Gasteiger partial charge in [-0.05, 0) is 108 Å². The second-order valence-electron chi connectivity index (χ2n) is 12.3. The van der Waals surface area contributed by atoms with Crippen LogP contribution in [0.2, 0.25) is 0 Å². The second kappa shape index (κ2) is 12.6. The van der Waals surface area contributed by atoms with E-state index in [2.05, 4.69) is 206 Å². The monoisotopic (exact) mass is 616 g/mol. The molecule has 8 aromatic carbocycles. The third kappa shape index (κ3) is 5.38. The zero-order valence-electron chi connectivity index (χ0n) is 27.2. The fourth-order valence-corrected chi connectivity index (χ4v) is 6.81. The molecule has 2 nitrogen and oxygen atoms in total. The lowest BCUT2D eigenvalue weighted by Crippen LogP contribution is -2.10. The third-order valence-corrected chi connectivity index (χ3v) is 9.44. The van der Waals surface area contributed by atoms with E-state index in [0.29, 0.717) is 0 Å². The number of hydrogen-bond donors (Lipinski definition) is 0. The summed E-state index contributed by atoms with van der Waals surface area (Å²) in [4.78, 5) is 4.71. The van der Waals surface area contributed by atoms with E-state index in [1.165, 1.54) is 49.5 Å². The minimum absolute atomic E-state index is 1.12. The van der Waals surface area contributed by atoms with Crippen LogP contribution in [-0.2, 0) is 0 Å². The molecular weight excluding hydrogens is 581 g/mol. The summed E-state index contributed by atoms with van der Waals surface area (Å²) in [6.45, 7) is 4.40. The van der Waals surface area contributed by atoms with Crippen LogP contribution in [-0.4, -0.2) is 0 Å². The van der Waals surface area contributed by atoms with Gasteiger partial charge in [0, 0.05) is 33.5 Å². The molecule has 2 heteroatoms.